The van der Waals surface area contributed by atoms with Crippen LogP contribution in [0.2, 0.25) is 0 Å². The lowest BCUT2D eigenvalue weighted by atomic mass is 10.3. The molecule has 0 heterocycles. The second-order valence-corrected chi connectivity index (χ2v) is 3.06. The predicted octanol–water partition coefficient (Wildman–Crippen LogP) is 1.88. The SMILES string of the molecule is COc1cc(N)ccc1I. The molecule has 0 amide bonds. The number of methoxy groups -OCH3 is 1. The lowest BCUT2D eigenvalue weighted by Gasteiger charge is -2.02. The molecule has 0 spiro atoms. The van der Waals surface area contributed by atoms with E-state index in [0.717, 1.165) is 15.0 Å². The van der Waals surface area contributed by atoms with Crippen molar-refractivity contribution in [1.82, 2.24) is 0 Å². The minimum absolute atomic E-state index is 0.734. The monoisotopic (exact) mass is 249 g/mol. The average Bonchev–Trinajstić information content (AvgIpc) is 1.94. The first-order valence-electron chi connectivity index (χ1n) is 2.83. The summed E-state index contributed by atoms with van der Waals surface area (Å²) in [5.74, 6) is 0.834. The molecule has 1 rings (SSSR count). The van der Waals surface area contributed by atoms with E-state index in [4.69, 9.17) is 10.5 Å². The molecule has 54 valence electrons. The number of nitrogens with two attached hydrogens (primary N) is 1. The van der Waals surface area contributed by atoms with E-state index in [9.17, 15) is 0 Å². The summed E-state index contributed by atoms with van der Waals surface area (Å²) in [5.41, 5.74) is 6.25. The predicted molar refractivity (Wildman–Crippen MR) is 50.1 cm³/mol. The van der Waals surface area contributed by atoms with Crippen LogP contribution in [0.15, 0.2) is 18.2 Å². The van der Waals surface area contributed by atoms with Crippen LogP contribution in [-0.2, 0) is 0 Å². The molecule has 0 aliphatic heterocycles. The summed E-state index contributed by atoms with van der Waals surface area (Å²) < 4.78 is 6.12. The van der Waals surface area contributed by atoms with Gasteiger partial charge in [-0.15, -0.1) is 0 Å². The number of anilines is 1. The molecule has 0 aromatic heterocycles. The summed E-state index contributed by atoms with van der Waals surface area (Å²) in [7, 11) is 1.64. The van der Waals surface area contributed by atoms with Crippen molar-refractivity contribution < 1.29 is 4.74 Å². The average molecular weight is 249 g/mol. The molecule has 1 aromatic carbocycles. The fourth-order valence-electron chi connectivity index (χ4n) is 0.676. The number of hydrogen-bond acceptors (Lipinski definition) is 2. The van der Waals surface area contributed by atoms with E-state index in [1.165, 1.54) is 0 Å². The Hall–Kier alpha value is -0.450. The van der Waals surface area contributed by atoms with E-state index in [-0.39, 0.29) is 0 Å². The van der Waals surface area contributed by atoms with Gasteiger partial charge < -0.3 is 10.5 Å². The quantitative estimate of drug-likeness (QED) is 0.609. The number of ether oxygens (including phenoxy) is 1. The van der Waals surface area contributed by atoms with Gasteiger partial charge in [0.25, 0.3) is 0 Å². The molecule has 0 bridgehead atoms. The van der Waals surface area contributed by atoms with Gasteiger partial charge in [-0.3, -0.25) is 0 Å². The van der Waals surface area contributed by atoms with Crippen molar-refractivity contribution in [2.75, 3.05) is 12.8 Å². The molecule has 3 heteroatoms. The van der Waals surface area contributed by atoms with Crippen LogP contribution >= 0.6 is 22.6 Å². The summed E-state index contributed by atoms with van der Waals surface area (Å²) in [6.45, 7) is 0. The maximum atomic E-state index is 5.52. The molecule has 0 unspecified atom stereocenters. The standard InChI is InChI=1S/C7H8INO/c1-10-7-4-5(9)2-3-6(7)8/h2-4H,9H2,1H3. The Morgan fingerprint density at radius 3 is 2.70 bits per heavy atom. The Bertz CT molecular complexity index is 237. The zero-order valence-corrected chi connectivity index (χ0v) is 7.75. The number of hydrogen-bond donors (Lipinski definition) is 1. The Kier molecular flexibility index (Phi) is 2.37. The topological polar surface area (TPSA) is 35.2 Å². The van der Waals surface area contributed by atoms with Gasteiger partial charge in [0.1, 0.15) is 5.75 Å². The lowest BCUT2D eigenvalue weighted by molar-refractivity contribution is 0.412. The van der Waals surface area contributed by atoms with Gasteiger partial charge in [0.2, 0.25) is 0 Å². The smallest absolute Gasteiger partial charge is 0.134 e. The number of rotatable bonds is 1. The molecule has 0 aliphatic rings. The van der Waals surface area contributed by atoms with Crippen LogP contribution in [0.5, 0.6) is 5.75 Å². The summed E-state index contributed by atoms with van der Waals surface area (Å²) in [4.78, 5) is 0. The van der Waals surface area contributed by atoms with Crippen LogP contribution in [0.25, 0.3) is 0 Å². The Balaban J connectivity index is 3.09. The van der Waals surface area contributed by atoms with Gasteiger partial charge in [0.05, 0.1) is 10.7 Å². The first-order chi connectivity index (χ1) is 4.74. The summed E-state index contributed by atoms with van der Waals surface area (Å²) >= 11 is 2.20. The van der Waals surface area contributed by atoms with Gasteiger partial charge in [-0.25, -0.2) is 0 Å². The van der Waals surface area contributed by atoms with Crippen LogP contribution in [0, 0.1) is 3.57 Å². The maximum absolute atomic E-state index is 5.52. The minimum Gasteiger partial charge on any atom is -0.496 e. The minimum atomic E-state index is 0.734. The summed E-state index contributed by atoms with van der Waals surface area (Å²) in [6.07, 6.45) is 0. The molecule has 0 radical (unpaired) electrons. The first kappa shape index (κ1) is 7.65. The van der Waals surface area contributed by atoms with Gasteiger partial charge in [-0.05, 0) is 34.7 Å². The Morgan fingerprint density at radius 2 is 2.20 bits per heavy atom. The zero-order chi connectivity index (χ0) is 7.56. The highest BCUT2D eigenvalue weighted by atomic mass is 127. The number of halogens is 1. The fraction of sp³-hybridized carbons (Fsp3) is 0.143. The lowest BCUT2D eigenvalue weighted by Crippen LogP contribution is -1.89. The van der Waals surface area contributed by atoms with Gasteiger partial charge in [0, 0.05) is 11.8 Å². The Morgan fingerprint density at radius 1 is 1.50 bits per heavy atom. The van der Waals surface area contributed by atoms with Crippen molar-refractivity contribution >= 4 is 28.3 Å². The van der Waals surface area contributed by atoms with Crippen LogP contribution in [-0.4, -0.2) is 7.11 Å². The van der Waals surface area contributed by atoms with E-state index < -0.39 is 0 Å². The molecule has 0 saturated heterocycles. The molecule has 10 heavy (non-hydrogen) atoms. The molecule has 2 nitrogen and oxygen atoms in total. The van der Waals surface area contributed by atoms with E-state index in [1.807, 2.05) is 18.2 Å². The maximum Gasteiger partial charge on any atom is 0.134 e. The van der Waals surface area contributed by atoms with Crippen molar-refractivity contribution in [2.45, 2.75) is 0 Å². The Labute approximate surface area is 73.5 Å². The van der Waals surface area contributed by atoms with Gasteiger partial charge >= 0.3 is 0 Å². The fourth-order valence-corrected chi connectivity index (χ4v) is 1.23. The number of benzene rings is 1. The largest absolute Gasteiger partial charge is 0.496 e. The van der Waals surface area contributed by atoms with Crippen LogP contribution in [0.3, 0.4) is 0 Å². The highest BCUT2D eigenvalue weighted by molar-refractivity contribution is 14.1. The highest BCUT2D eigenvalue weighted by Gasteiger charge is 1.97. The van der Waals surface area contributed by atoms with E-state index in [0.29, 0.717) is 0 Å². The molecule has 0 saturated carbocycles. The van der Waals surface area contributed by atoms with E-state index in [2.05, 4.69) is 22.6 Å². The van der Waals surface area contributed by atoms with Crippen LogP contribution in [0.1, 0.15) is 0 Å². The van der Waals surface area contributed by atoms with Crippen molar-refractivity contribution in [3.63, 3.8) is 0 Å². The molecule has 0 atom stereocenters. The summed E-state index contributed by atoms with van der Waals surface area (Å²) in [5, 5.41) is 0. The second-order valence-electron chi connectivity index (χ2n) is 1.89. The van der Waals surface area contributed by atoms with Gasteiger partial charge in [0.15, 0.2) is 0 Å². The molecular formula is C7H8INO. The van der Waals surface area contributed by atoms with Crippen molar-refractivity contribution in [1.29, 1.82) is 0 Å². The number of nitrogen functional groups attached to an aromatic ring is 1. The second kappa shape index (κ2) is 3.09. The van der Waals surface area contributed by atoms with Crippen molar-refractivity contribution in [3.8, 4) is 5.75 Å². The molecule has 1 aromatic rings. The zero-order valence-electron chi connectivity index (χ0n) is 5.60. The molecule has 0 aliphatic carbocycles. The third-order valence-electron chi connectivity index (χ3n) is 1.18. The van der Waals surface area contributed by atoms with Crippen LogP contribution in [0.4, 0.5) is 5.69 Å². The molecule has 0 fully saturated rings. The first-order valence-corrected chi connectivity index (χ1v) is 3.91. The molecule has 2 N–H and O–H groups in total. The van der Waals surface area contributed by atoms with Gasteiger partial charge in [-0.1, -0.05) is 0 Å². The third-order valence-corrected chi connectivity index (χ3v) is 2.07. The highest BCUT2D eigenvalue weighted by Crippen LogP contribution is 2.22. The van der Waals surface area contributed by atoms with E-state index >= 15 is 0 Å². The van der Waals surface area contributed by atoms with Crippen molar-refractivity contribution in [2.24, 2.45) is 0 Å². The van der Waals surface area contributed by atoms with Crippen LogP contribution < -0.4 is 10.5 Å². The van der Waals surface area contributed by atoms with Gasteiger partial charge in [-0.2, -0.15) is 0 Å². The third kappa shape index (κ3) is 1.53. The van der Waals surface area contributed by atoms with Crippen molar-refractivity contribution in [3.05, 3.63) is 21.8 Å². The summed E-state index contributed by atoms with van der Waals surface area (Å²) in [6, 6.07) is 5.58. The van der Waals surface area contributed by atoms with E-state index in [1.54, 1.807) is 7.11 Å². The normalized spacial score (nSPS) is 9.40. The molecular weight excluding hydrogens is 241 g/mol.